The summed E-state index contributed by atoms with van der Waals surface area (Å²) in [6.07, 6.45) is 5.34. The molecule has 1 unspecified atom stereocenters. The van der Waals surface area contributed by atoms with Crippen LogP contribution in [0.1, 0.15) is 59.2 Å². The van der Waals surface area contributed by atoms with Crippen molar-refractivity contribution in [1.82, 2.24) is 9.78 Å². The highest BCUT2D eigenvalue weighted by Gasteiger charge is 2.28. The zero-order valence-electron chi connectivity index (χ0n) is 12.4. The van der Waals surface area contributed by atoms with Gasteiger partial charge in [-0.15, -0.1) is 11.6 Å². The van der Waals surface area contributed by atoms with Gasteiger partial charge < -0.3 is 0 Å². The summed E-state index contributed by atoms with van der Waals surface area (Å²) in [6.45, 7) is 11.2. The van der Waals surface area contributed by atoms with Gasteiger partial charge in [0.25, 0.3) is 0 Å². The summed E-state index contributed by atoms with van der Waals surface area (Å²) in [5.74, 6) is 1.25. The quantitative estimate of drug-likeness (QED) is 0.658. The average molecular weight is 271 g/mol. The van der Waals surface area contributed by atoms with Gasteiger partial charge in [-0.1, -0.05) is 34.6 Å². The molecular formula is C15H27ClN2. The van der Waals surface area contributed by atoms with E-state index >= 15 is 0 Å². The molecule has 0 N–H and O–H groups in total. The van der Waals surface area contributed by atoms with Crippen molar-refractivity contribution in [3.05, 3.63) is 18.0 Å². The Hall–Kier alpha value is -0.500. The van der Waals surface area contributed by atoms with Crippen molar-refractivity contribution in [3.8, 4) is 0 Å². The third kappa shape index (κ3) is 3.50. The lowest BCUT2D eigenvalue weighted by molar-refractivity contribution is 0.249. The van der Waals surface area contributed by atoms with Crippen LogP contribution in [0.4, 0.5) is 0 Å². The molecule has 1 aromatic heterocycles. The van der Waals surface area contributed by atoms with E-state index in [1.807, 2.05) is 0 Å². The summed E-state index contributed by atoms with van der Waals surface area (Å²) in [7, 11) is 0. The van der Waals surface area contributed by atoms with E-state index in [0.29, 0.717) is 17.8 Å². The maximum atomic E-state index is 6.14. The summed E-state index contributed by atoms with van der Waals surface area (Å²) < 4.78 is 2.12. The standard InChI is InChI=1S/C15H27ClN2/c1-6-14(7-2)18-9-8-13(17-18)10-15(5,11-16)12(3)4/h8-9,12,14H,6-7,10-11H2,1-5H3. The van der Waals surface area contributed by atoms with E-state index in [-0.39, 0.29) is 5.41 Å². The van der Waals surface area contributed by atoms with Gasteiger partial charge in [-0.2, -0.15) is 5.10 Å². The van der Waals surface area contributed by atoms with Crippen molar-refractivity contribution >= 4 is 11.6 Å². The highest BCUT2D eigenvalue weighted by molar-refractivity contribution is 6.18. The second kappa shape index (κ2) is 6.60. The lowest BCUT2D eigenvalue weighted by Gasteiger charge is -2.30. The Balaban J connectivity index is 2.80. The van der Waals surface area contributed by atoms with Crippen molar-refractivity contribution in [1.29, 1.82) is 0 Å². The molecule has 0 radical (unpaired) electrons. The fraction of sp³-hybridized carbons (Fsp3) is 0.800. The van der Waals surface area contributed by atoms with E-state index in [9.17, 15) is 0 Å². The van der Waals surface area contributed by atoms with E-state index in [1.165, 1.54) is 5.69 Å². The molecule has 0 saturated heterocycles. The minimum Gasteiger partial charge on any atom is -0.269 e. The summed E-state index contributed by atoms with van der Waals surface area (Å²) in [5.41, 5.74) is 1.30. The molecule has 1 atom stereocenters. The first-order valence-corrected chi connectivity index (χ1v) is 7.60. The highest BCUT2D eigenvalue weighted by atomic mass is 35.5. The molecule has 0 fully saturated rings. The molecule has 0 bridgehead atoms. The maximum absolute atomic E-state index is 6.14. The van der Waals surface area contributed by atoms with Crippen LogP contribution in [-0.2, 0) is 6.42 Å². The Labute approximate surface area is 117 Å². The lowest BCUT2D eigenvalue weighted by atomic mass is 9.77. The third-order valence-electron chi connectivity index (χ3n) is 4.26. The minimum absolute atomic E-state index is 0.134. The molecule has 0 amide bonds. The van der Waals surface area contributed by atoms with Gasteiger partial charge in [-0.3, -0.25) is 4.68 Å². The van der Waals surface area contributed by atoms with Crippen LogP contribution < -0.4 is 0 Å². The first kappa shape index (κ1) is 15.6. The number of aromatic nitrogens is 2. The monoisotopic (exact) mass is 270 g/mol. The van der Waals surface area contributed by atoms with E-state index < -0.39 is 0 Å². The predicted molar refractivity (Wildman–Crippen MR) is 79.2 cm³/mol. The molecular weight excluding hydrogens is 244 g/mol. The fourth-order valence-electron chi connectivity index (χ4n) is 2.16. The van der Waals surface area contributed by atoms with Crippen LogP contribution in [0.3, 0.4) is 0 Å². The lowest BCUT2D eigenvalue weighted by Crippen LogP contribution is -2.28. The van der Waals surface area contributed by atoms with Crippen LogP contribution in [-0.4, -0.2) is 15.7 Å². The van der Waals surface area contributed by atoms with Crippen LogP contribution in [0.25, 0.3) is 0 Å². The summed E-state index contributed by atoms with van der Waals surface area (Å²) in [5, 5.41) is 4.73. The fourth-order valence-corrected chi connectivity index (χ4v) is 2.56. The van der Waals surface area contributed by atoms with Gasteiger partial charge in [-0.25, -0.2) is 0 Å². The Morgan fingerprint density at radius 3 is 2.39 bits per heavy atom. The van der Waals surface area contributed by atoms with E-state index in [2.05, 4.69) is 51.6 Å². The van der Waals surface area contributed by atoms with E-state index in [4.69, 9.17) is 16.7 Å². The van der Waals surface area contributed by atoms with Crippen LogP contribution >= 0.6 is 11.6 Å². The van der Waals surface area contributed by atoms with Crippen LogP contribution in [0.15, 0.2) is 12.3 Å². The van der Waals surface area contributed by atoms with Crippen LogP contribution in [0.5, 0.6) is 0 Å². The van der Waals surface area contributed by atoms with Crippen LogP contribution in [0.2, 0.25) is 0 Å². The van der Waals surface area contributed by atoms with Crippen molar-refractivity contribution in [2.75, 3.05) is 5.88 Å². The molecule has 1 aromatic rings. The third-order valence-corrected chi connectivity index (χ3v) is 4.87. The van der Waals surface area contributed by atoms with Crippen molar-refractivity contribution in [2.45, 2.75) is 59.9 Å². The number of alkyl halides is 1. The number of rotatable bonds is 7. The molecule has 1 rings (SSSR count). The summed E-state index contributed by atoms with van der Waals surface area (Å²) >= 11 is 6.14. The number of hydrogen-bond donors (Lipinski definition) is 0. The first-order valence-electron chi connectivity index (χ1n) is 7.06. The maximum Gasteiger partial charge on any atom is 0.0630 e. The number of halogens is 1. The molecule has 1 heterocycles. The van der Waals surface area contributed by atoms with Gasteiger partial charge in [0, 0.05) is 12.1 Å². The van der Waals surface area contributed by atoms with Gasteiger partial charge in [0.15, 0.2) is 0 Å². The van der Waals surface area contributed by atoms with Crippen molar-refractivity contribution in [2.24, 2.45) is 11.3 Å². The normalized spacial score (nSPS) is 15.3. The van der Waals surface area contributed by atoms with Gasteiger partial charge in [-0.05, 0) is 36.7 Å². The van der Waals surface area contributed by atoms with Crippen molar-refractivity contribution < 1.29 is 0 Å². The van der Waals surface area contributed by atoms with Gasteiger partial charge in [0.1, 0.15) is 0 Å². The second-order valence-electron chi connectivity index (χ2n) is 5.88. The first-order chi connectivity index (χ1) is 8.46. The Bertz CT molecular complexity index is 355. The summed E-state index contributed by atoms with van der Waals surface area (Å²) in [6, 6.07) is 2.67. The topological polar surface area (TPSA) is 17.8 Å². The molecule has 0 aromatic carbocycles. The molecule has 0 spiro atoms. The van der Waals surface area contributed by atoms with Gasteiger partial charge in [0.2, 0.25) is 0 Å². The van der Waals surface area contributed by atoms with Crippen LogP contribution in [0, 0.1) is 11.3 Å². The molecule has 0 saturated carbocycles. The van der Waals surface area contributed by atoms with Gasteiger partial charge in [0.05, 0.1) is 11.7 Å². The van der Waals surface area contributed by atoms with Gasteiger partial charge >= 0.3 is 0 Å². The molecule has 3 heteroatoms. The Morgan fingerprint density at radius 2 is 1.94 bits per heavy atom. The average Bonchev–Trinajstić information content (AvgIpc) is 2.78. The van der Waals surface area contributed by atoms with E-state index in [0.717, 1.165) is 19.3 Å². The zero-order chi connectivity index (χ0) is 13.8. The highest BCUT2D eigenvalue weighted by Crippen LogP contribution is 2.32. The second-order valence-corrected chi connectivity index (χ2v) is 6.14. The summed E-state index contributed by atoms with van der Waals surface area (Å²) in [4.78, 5) is 0. The molecule has 0 aliphatic heterocycles. The predicted octanol–water partition coefficient (Wildman–Crippen LogP) is 4.69. The molecule has 0 aliphatic carbocycles. The van der Waals surface area contributed by atoms with E-state index in [1.54, 1.807) is 0 Å². The molecule has 18 heavy (non-hydrogen) atoms. The SMILES string of the molecule is CCC(CC)n1ccc(CC(C)(CCl)C(C)C)n1. The largest absolute Gasteiger partial charge is 0.269 e. The zero-order valence-corrected chi connectivity index (χ0v) is 13.2. The molecule has 2 nitrogen and oxygen atoms in total. The smallest absolute Gasteiger partial charge is 0.0630 e. The number of hydrogen-bond acceptors (Lipinski definition) is 1. The number of nitrogens with zero attached hydrogens (tertiary/aromatic N) is 2. The Morgan fingerprint density at radius 1 is 1.33 bits per heavy atom. The Kier molecular flexibility index (Phi) is 5.71. The molecule has 0 aliphatic rings. The van der Waals surface area contributed by atoms with Crippen molar-refractivity contribution in [3.63, 3.8) is 0 Å². The minimum atomic E-state index is 0.134. The molecule has 104 valence electrons.